The normalized spacial score (nSPS) is 21.5. The summed E-state index contributed by atoms with van der Waals surface area (Å²) in [5.41, 5.74) is 2.52. The molecule has 4 heterocycles. The summed E-state index contributed by atoms with van der Waals surface area (Å²) in [5.74, 6) is -1.84. The Morgan fingerprint density at radius 1 is 1.10 bits per heavy atom. The van der Waals surface area contributed by atoms with Gasteiger partial charge in [0.2, 0.25) is 5.88 Å². The molecule has 0 radical (unpaired) electrons. The molecule has 1 aromatic carbocycles. The maximum atomic E-state index is 14.9. The number of amides is 2. The Morgan fingerprint density at radius 3 is 2.62 bits per heavy atom. The summed E-state index contributed by atoms with van der Waals surface area (Å²) in [7, 11) is 0. The molecule has 230 valence electrons. The summed E-state index contributed by atoms with van der Waals surface area (Å²) in [6.07, 6.45) is -0.191. The molecule has 2 atom stereocenters. The molecule has 0 spiro atoms. The van der Waals surface area contributed by atoms with E-state index in [-0.39, 0.29) is 31.5 Å². The highest BCUT2D eigenvalue weighted by Gasteiger charge is 2.44. The molecule has 2 unspecified atom stereocenters. The van der Waals surface area contributed by atoms with Crippen LogP contribution >= 0.6 is 0 Å². The standard InChI is InChI=1S/C29H36F4N4O5/c1-19-14-23(30)24(35-28(38)37-6-5-21(18-37)29(31,32)33)16-22(19)20-15-25(36-7-10-39-11-8-36)27(34-17-20)42-13-12-41-26-4-2-3-9-40-26/h14-17,21,26H,2-13,18H2,1H3,(H,35,38). The van der Waals surface area contributed by atoms with Crippen LogP contribution in [0.4, 0.5) is 33.7 Å². The van der Waals surface area contributed by atoms with Crippen molar-refractivity contribution in [3.05, 3.63) is 35.8 Å². The van der Waals surface area contributed by atoms with E-state index >= 15 is 0 Å². The summed E-state index contributed by atoms with van der Waals surface area (Å²) in [5, 5.41) is 2.46. The van der Waals surface area contributed by atoms with Crippen molar-refractivity contribution in [2.24, 2.45) is 5.92 Å². The monoisotopic (exact) mass is 596 g/mol. The number of carbonyl (C=O) groups excluding carboxylic acids is 1. The molecule has 5 rings (SSSR count). The third kappa shape index (κ3) is 7.42. The lowest BCUT2D eigenvalue weighted by molar-refractivity contribution is -0.169. The van der Waals surface area contributed by atoms with Crippen LogP contribution in [0.1, 0.15) is 31.2 Å². The molecular weight excluding hydrogens is 560 g/mol. The van der Waals surface area contributed by atoms with Gasteiger partial charge in [-0.2, -0.15) is 13.2 Å². The van der Waals surface area contributed by atoms with Crippen LogP contribution in [0.15, 0.2) is 24.4 Å². The van der Waals surface area contributed by atoms with E-state index < -0.39 is 30.5 Å². The molecule has 2 amide bonds. The van der Waals surface area contributed by atoms with Crippen molar-refractivity contribution in [1.82, 2.24) is 9.88 Å². The van der Waals surface area contributed by atoms with Crippen molar-refractivity contribution in [1.29, 1.82) is 0 Å². The summed E-state index contributed by atoms with van der Waals surface area (Å²) in [6, 6.07) is 3.90. The van der Waals surface area contributed by atoms with Gasteiger partial charge in [0.15, 0.2) is 6.29 Å². The van der Waals surface area contributed by atoms with Crippen LogP contribution < -0.4 is 15.0 Å². The number of ether oxygens (including phenoxy) is 4. The topological polar surface area (TPSA) is 85.4 Å². The Hall–Kier alpha value is -3.16. The number of anilines is 2. The predicted molar refractivity (Wildman–Crippen MR) is 147 cm³/mol. The molecular formula is C29H36F4N4O5. The van der Waals surface area contributed by atoms with Crippen molar-refractivity contribution < 1.29 is 41.3 Å². The lowest BCUT2D eigenvalue weighted by Gasteiger charge is -2.30. The molecule has 3 fully saturated rings. The first kappa shape index (κ1) is 30.3. The number of benzene rings is 1. The number of alkyl halides is 3. The Bertz CT molecular complexity index is 1240. The zero-order chi connectivity index (χ0) is 29.7. The molecule has 1 N–H and O–H groups in total. The third-order valence-corrected chi connectivity index (χ3v) is 7.75. The molecule has 0 aliphatic carbocycles. The molecule has 42 heavy (non-hydrogen) atoms. The molecule has 3 aliphatic heterocycles. The minimum atomic E-state index is -4.38. The number of urea groups is 1. The van der Waals surface area contributed by atoms with Crippen molar-refractivity contribution >= 4 is 17.4 Å². The predicted octanol–water partition coefficient (Wildman–Crippen LogP) is 5.37. The number of nitrogens with zero attached hydrogens (tertiary/aromatic N) is 3. The zero-order valence-corrected chi connectivity index (χ0v) is 23.6. The number of aryl methyl sites for hydroxylation is 1. The summed E-state index contributed by atoms with van der Waals surface area (Å²) in [6.45, 7) is 4.90. The van der Waals surface area contributed by atoms with Crippen molar-refractivity contribution in [2.45, 2.75) is 45.1 Å². The number of carbonyl (C=O) groups is 1. The maximum absolute atomic E-state index is 14.9. The van der Waals surface area contributed by atoms with Crippen LogP contribution in [0.25, 0.3) is 11.1 Å². The van der Waals surface area contributed by atoms with Gasteiger partial charge in [0.25, 0.3) is 0 Å². The van der Waals surface area contributed by atoms with E-state index in [0.29, 0.717) is 62.1 Å². The van der Waals surface area contributed by atoms with Gasteiger partial charge in [-0.3, -0.25) is 0 Å². The quantitative estimate of drug-likeness (QED) is 0.324. The number of morpholine rings is 1. The minimum Gasteiger partial charge on any atom is -0.474 e. The maximum Gasteiger partial charge on any atom is 0.393 e. The second-order valence-corrected chi connectivity index (χ2v) is 10.7. The first-order valence-electron chi connectivity index (χ1n) is 14.3. The highest BCUT2D eigenvalue weighted by molar-refractivity contribution is 5.91. The van der Waals surface area contributed by atoms with E-state index in [1.165, 1.54) is 12.1 Å². The van der Waals surface area contributed by atoms with Gasteiger partial charge in [-0.1, -0.05) is 0 Å². The van der Waals surface area contributed by atoms with E-state index in [0.717, 1.165) is 29.8 Å². The summed E-state index contributed by atoms with van der Waals surface area (Å²) < 4.78 is 77.0. The number of hydrogen-bond donors (Lipinski definition) is 1. The van der Waals surface area contributed by atoms with Crippen LogP contribution in [0, 0.1) is 18.7 Å². The number of aromatic nitrogens is 1. The smallest absolute Gasteiger partial charge is 0.393 e. The van der Waals surface area contributed by atoms with Gasteiger partial charge < -0.3 is 34.1 Å². The van der Waals surface area contributed by atoms with Crippen LogP contribution in [0.5, 0.6) is 5.88 Å². The Kier molecular flexibility index (Phi) is 9.69. The van der Waals surface area contributed by atoms with E-state index in [1.54, 1.807) is 13.1 Å². The average molecular weight is 597 g/mol. The largest absolute Gasteiger partial charge is 0.474 e. The first-order chi connectivity index (χ1) is 20.2. The lowest BCUT2D eigenvalue weighted by Crippen LogP contribution is -2.36. The molecule has 0 bridgehead atoms. The van der Waals surface area contributed by atoms with Crippen LogP contribution in [-0.4, -0.2) is 87.6 Å². The fraction of sp³-hybridized carbons (Fsp3) is 0.586. The first-order valence-corrected chi connectivity index (χ1v) is 14.3. The number of rotatable bonds is 8. The SMILES string of the molecule is Cc1cc(F)c(NC(=O)N2CCC(C(F)(F)F)C2)cc1-c1cnc(OCCOC2CCCCO2)c(N2CCOCC2)c1. The highest BCUT2D eigenvalue weighted by Crippen LogP contribution is 2.36. The number of hydrogen-bond acceptors (Lipinski definition) is 7. The zero-order valence-electron chi connectivity index (χ0n) is 23.6. The molecule has 0 saturated carbocycles. The van der Waals surface area contributed by atoms with E-state index in [2.05, 4.69) is 15.2 Å². The van der Waals surface area contributed by atoms with Gasteiger partial charge in [0, 0.05) is 44.5 Å². The lowest BCUT2D eigenvalue weighted by atomic mass is 10.00. The van der Waals surface area contributed by atoms with E-state index in [4.69, 9.17) is 18.9 Å². The van der Waals surface area contributed by atoms with Gasteiger partial charge in [0.05, 0.1) is 31.4 Å². The summed E-state index contributed by atoms with van der Waals surface area (Å²) in [4.78, 5) is 20.5. The van der Waals surface area contributed by atoms with Gasteiger partial charge in [-0.05, 0) is 61.9 Å². The van der Waals surface area contributed by atoms with E-state index in [9.17, 15) is 22.4 Å². The number of nitrogens with one attached hydrogen (secondary N) is 1. The number of pyridine rings is 1. The number of likely N-dealkylation sites (tertiary alicyclic amines) is 1. The molecule has 2 aromatic rings. The average Bonchev–Trinajstić information content (AvgIpc) is 3.50. The highest BCUT2D eigenvalue weighted by atomic mass is 19.4. The second kappa shape index (κ2) is 13.4. The Balaban J connectivity index is 1.32. The van der Waals surface area contributed by atoms with Crippen LogP contribution in [0.2, 0.25) is 0 Å². The molecule has 3 saturated heterocycles. The molecule has 9 nitrogen and oxygen atoms in total. The molecule has 13 heteroatoms. The second-order valence-electron chi connectivity index (χ2n) is 10.7. The van der Waals surface area contributed by atoms with Gasteiger partial charge in [0.1, 0.15) is 18.1 Å². The van der Waals surface area contributed by atoms with Gasteiger partial charge in [-0.15, -0.1) is 0 Å². The van der Waals surface area contributed by atoms with Gasteiger partial charge in [-0.25, -0.2) is 14.2 Å². The van der Waals surface area contributed by atoms with Gasteiger partial charge >= 0.3 is 12.2 Å². The van der Waals surface area contributed by atoms with Crippen LogP contribution in [-0.2, 0) is 14.2 Å². The van der Waals surface area contributed by atoms with Crippen molar-refractivity contribution in [3.63, 3.8) is 0 Å². The minimum absolute atomic E-state index is 0.0522. The van der Waals surface area contributed by atoms with Crippen molar-refractivity contribution in [2.75, 3.05) is 69.4 Å². The summed E-state index contributed by atoms with van der Waals surface area (Å²) >= 11 is 0. The van der Waals surface area contributed by atoms with Crippen LogP contribution in [0.3, 0.4) is 0 Å². The molecule has 3 aliphatic rings. The number of halogens is 4. The van der Waals surface area contributed by atoms with E-state index in [1.807, 2.05) is 6.07 Å². The molecule has 1 aromatic heterocycles. The third-order valence-electron chi connectivity index (χ3n) is 7.75. The Morgan fingerprint density at radius 2 is 1.90 bits per heavy atom. The fourth-order valence-electron chi connectivity index (χ4n) is 5.38. The van der Waals surface area contributed by atoms with Crippen molar-refractivity contribution in [3.8, 4) is 17.0 Å². The fourth-order valence-corrected chi connectivity index (χ4v) is 5.38. The Labute approximate surface area is 242 Å².